The molecule has 0 radical (unpaired) electrons. The molecule has 1 N–H and O–H groups in total. The summed E-state index contributed by atoms with van der Waals surface area (Å²) in [5.41, 5.74) is 0.672. The summed E-state index contributed by atoms with van der Waals surface area (Å²) >= 11 is 0. The van der Waals surface area contributed by atoms with Gasteiger partial charge in [-0.2, -0.15) is 4.98 Å². The van der Waals surface area contributed by atoms with Crippen LogP contribution in [0.3, 0.4) is 0 Å². The zero-order chi connectivity index (χ0) is 14.7. The minimum Gasteiger partial charge on any atom is -0.508 e. The van der Waals surface area contributed by atoms with E-state index in [1.807, 2.05) is 19.1 Å². The molecule has 0 bridgehead atoms. The Morgan fingerprint density at radius 1 is 1.24 bits per heavy atom. The van der Waals surface area contributed by atoms with Crippen molar-refractivity contribution in [3.05, 3.63) is 41.5 Å². The number of aromatic nitrogens is 2. The molecule has 1 aliphatic carbocycles. The average molecular weight is 288 g/mol. The standard InChI is InChI=1S/C16H20N2O3/c1-2-20-16(9-3-4-10-16)15-17-14(21-18-15)11-12-5-7-13(19)8-6-12/h5-8,19H,2-4,9-11H2,1H3. The van der Waals surface area contributed by atoms with Gasteiger partial charge in [0, 0.05) is 6.61 Å². The topological polar surface area (TPSA) is 68.4 Å². The van der Waals surface area contributed by atoms with Crippen LogP contribution in [0.2, 0.25) is 0 Å². The van der Waals surface area contributed by atoms with Crippen molar-refractivity contribution in [3.63, 3.8) is 0 Å². The van der Waals surface area contributed by atoms with E-state index >= 15 is 0 Å². The molecule has 1 aromatic carbocycles. The number of ether oxygens (including phenoxy) is 1. The number of phenols is 1. The van der Waals surface area contributed by atoms with Gasteiger partial charge < -0.3 is 14.4 Å². The van der Waals surface area contributed by atoms with Crippen LogP contribution in [0.5, 0.6) is 5.75 Å². The van der Waals surface area contributed by atoms with Gasteiger partial charge in [-0.25, -0.2) is 0 Å². The quantitative estimate of drug-likeness (QED) is 0.915. The van der Waals surface area contributed by atoms with Gasteiger partial charge in [-0.3, -0.25) is 0 Å². The molecule has 0 saturated heterocycles. The summed E-state index contributed by atoms with van der Waals surface area (Å²) in [5.74, 6) is 1.52. The molecule has 2 aromatic rings. The van der Waals surface area contributed by atoms with Crippen LogP contribution in [-0.4, -0.2) is 21.9 Å². The normalized spacial score (nSPS) is 17.2. The van der Waals surface area contributed by atoms with Gasteiger partial charge in [0.1, 0.15) is 11.4 Å². The molecule has 1 saturated carbocycles. The fourth-order valence-corrected chi connectivity index (χ4v) is 2.96. The Morgan fingerprint density at radius 3 is 2.62 bits per heavy atom. The number of hydrogen-bond acceptors (Lipinski definition) is 5. The molecule has 21 heavy (non-hydrogen) atoms. The summed E-state index contributed by atoms with van der Waals surface area (Å²) in [6.07, 6.45) is 4.76. The second-order valence-corrected chi connectivity index (χ2v) is 5.49. The lowest BCUT2D eigenvalue weighted by atomic mass is 10.0. The van der Waals surface area contributed by atoms with Gasteiger partial charge in [0.15, 0.2) is 0 Å². The molecule has 0 atom stereocenters. The fourth-order valence-electron chi connectivity index (χ4n) is 2.96. The first-order valence-corrected chi connectivity index (χ1v) is 7.47. The van der Waals surface area contributed by atoms with E-state index in [0.717, 1.165) is 31.2 Å². The predicted molar refractivity (Wildman–Crippen MR) is 77.0 cm³/mol. The molecular formula is C16H20N2O3. The van der Waals surface area contributed by atoms with E-state index < -0.39 is 0 Å². The zero-order valence-corrected chi connectivity index (χ0v) is 12.2. The lowest BCUT2D eigenvalue weighted by molar-refractivity contribution is -0.0469. The van der Waals surface area contributed by atoms with Crippen LogP contribution in [0.15, 0.2) is 28.8 Å². The zero-order valence-electron chi connectivity index (χ0n) is 12.2. The van der Waals surface area contributed by atoms with E-state index in [1.165, 1.54) is 0 Å². The van der Waals surface area contributed by atoms with Crippen molar-refractivity contribution >= 4 is 0 Å². The molecule has 0 spiro atoms. The molecule has 112 valence electrons. The van der Waals surface area contributed by atoms with Gasteiger partial charge >= 0.3 is 0 Å². The van der Waals surface area contributed by atoms with Gasteiger partial charge in [-0.15, -0.1) is 0 Å². The van der Waals surface area contributed by atoms with Crippen molar-refractivity contribution in [1.82, 2.24) is 10.1 Å². The smallest absolute Gasteiger partial charge is 0.231 e. The molecule has 0 unspecified atom stereocenters. The van der Waals surface area contributed by atoms with Crippen LogP contribution < -0.4 is 0 Å². The molecule has 0 aliphatic heterocycles. The van der Waals surface area contributed by atoms with Crippen LogP contribution in [0, 0.1) is 0 Å². The van der Waals surface area contributed by atoms with Crippen molar-refractivity contribution in [2.75, 3.05) is 6.61 Å². The minimum absolute atomic E-state index is 0.256. The van der Waals surface area contributed by atoms with Gasteiger partial charge in [0.25, 0.3) is 0 Å². The van der Waals surface area contributed by atoms with Crippen LogP contribution in [0.1, 0.15) is 49.9 Å². The summed E-state index contributed by atoms with van der Waals surface area (Å²) in [5, 5.41) is 13.4. The van der Waals surface area contributed by atoms with Crippen LogP contribution in [0.4, 0.5) is 0 Å². The van der Waals surface area contributed by atoms with Crippen molar-refractivity contribution in [3.8, 4) is 5.75 Å². The van der Waals surface area contributed by atoms with Crippen molar-refractivity contribution in [1.29, 1.82) is 0 Å². The Morgan fingerprint density at radius 2 is 1.95 bits per heavy atom. The highest BCUT2D eigenvalue weighted by Gasteiger charge is 2.40. The molecule has 5 heteroatoms. The fraction of sp³-hybridized carbons (Fsp3) is 0.500. The van der Waals surface area contributed by atoms with E-state index in [1.54, 1.807) is 12.1 Å². The highest BCUT2D eigenvalue weighted by atomic mass is 16.5. The number of nitrogens with zero attached hydrogens (tertiary/aromatic N) is 2. The molecule has 0 amide bonds. The first-order chi connectivity index (χ1) is 10.2. The second kappa shape index (κ2) is 5.85. The van der Waals surface area contributed by atoms with Crippen molar-refractivity contribution in [2.45, 2.75) is 44.6 Å². The average Bonchev–Trinajstić information content (AvgIpc) is 3.12. The summed E-state index contributed by atoms with van der Waals surface area (Å²) in [6.45, 7) is 2.65. The first-order valence-electron chi connectivity index (χ1n) is 7.47. The summed E-state index contributed by atoms with van der Waals surface area (Å²) < 4.78 is 11.3. The van der Waals surface area contributed by atoms with Crippen molar-refractivity contribution in [2.24, 2.45) is 0 Å². The molecular weight excluding hydrogens is 268 g/mol. The maximum atomic E-state index is 9.30. The maximum Gasteiger partial charge on any atom is 0.231 e. The van der Waals surface area contributed by atoms with E-state index in [9.17, 15) is 5.11 Å². The Labute approximate surface area is 123 Å². The highest BCUT2D eigenvalue weighted by Crippen LogP contribution is 2.40. The SMILES string of the molecule is CCOC1(c2noc(Cc3ccc(O)cc3)n2)CCCC1. The van der Waals surface area contributed by atoms with E-state index in [4.69, 9.17) is 9.26 Å². The largest absolute Gasteiger partial charge is 0.508 e. The van der Waals surface area contributed by atoms with Gasteiger partial charge in [0.05, 0.1) is 6.42 Å². The number of rotatable bonds is 5. The molecule has 1 aliphatic rings. The monoisotopic (exact) mass is 288 g/mol. The minimum atomic E-state index is -0.356. The predicted octanol–water partition coefficient (Wildman–Crippen LogP) is 3.17. The molecule has 1 aromatic heterocycles. The summed E-state index contributed by atoms with van der Waals surface area (Å²) in [6, 6.07) is 7.02. The van der Waals surface area contributed by atoms with Gasteiger partial charge in [0.2, 0.25) is 11.7 Å². The first kappa shape index (κ1) is 14.1. The number of hydrogen-bond donors (Lipinski definition) is 1. The summed E-state index contributed by atoms with van der Waals surface area (Å²) in [7, 11) is 0. The third-order valence-electron chi connectivity index (χ3n) is 4.00. The maximum absolute atomic E-state index is 9.30. The lowest BCUT2D eigenvalue weighted by Crippen LogP contribution is -2.27. The van der Waals surface area contributed by atoms with E-state index in [-0.39, 0.29) is 11.4 Å². The third kappa shape index (κ3) is 2.93. The second-order valence-electron chi connectivity index (χ2n) is 5.49. The Bertz CT molecular complexity index is 586. The molecule has 1 heterocycles. The van der Waals surface area contributed by atoms with E-state index in [0.29, 0.717) is 24.7 Å². The number of aromatic hydroxyl groups is 1. The van der Waals surface area contributed by atoms with Crippen LogP contribution in [0.25, 0.3) is 0 Å². The third-order valence-corrected chi connectivity index (χ3v) is 4.00. The van der Waals surface area contributed by atoms with Crippen LogP contribution >= 0.6 is 0 Å². The Balaban J connectivity index is 1.77. The summed E-state index contributed by atoms with van der Waals surface area (Å²) in [4.78, 5) is 4.54. The van der Waals surface area contributed by atoms with Gasteiger partial charge in [-0.1, -0.05) is 17.3 Å². The lowest BCUT2D eigenvalue weighted by Gasteiger charge is -2.24. The van der Waals surface area contributed by atoms with Gasteiger partial charge in [-0.05, 0) is 50.3 Å². The molecule has 5 nitrogen and oxygen atoms in total. The highest BCUT2D eigenvalue weighted by molar-refractivity contribution is 5.27. The Hall–Kier alpha value is -1.88. The van der Waals surface area contributed by atoms with Crippen molar-refractivity contribution < 1.29 is 14.4 Å². The number of benzene rings is 1. The Kier molecular flexibility index (Phi) is 3.92. The number of phenolic OH excluding ortho intramolecular Hbond substituents is 1. The molecule has 1 fully saturated rings. The van der Waals surface area contributed by atoms with Crippen LogP contribution in [-0.2, 0) is 16.8 Å². The van der Waals surface area contributed by atoms with E-state index in [2.05, 4.69) is 10.1 Å². The molecule has 3 rings (SSSR count).